The second kappa shape index (κ2) is 6.61. The lowest BCUT2D eigenvalue weighted by Crippen LogP contribution is -2.35. The van der Waals surface area contributed by atoms with E-state index < -0.39 is 12.1 Å². The van der Waals surface area contributed by atoms with Crippen molar-refractivity contribution < 1.29 is 14.3 Å². The zero-order chi connectivity index (χ0) is 13.7. The van der Waals surface area contributed by atoms with Gasteiger partial charge in [-0.15, -0.1) is 0 Å². The SMILES string of the molecule is CC(Oc1ccc(Cl)cc1)C(=O)OC(C)N(C)C. The Hall–Kier alpha value is -1.26. The van der Waals surface area contributed by atoms with Gasteiger partial charge in [-0.1, -0.05) is 11.6 Å². The average molecular weight is 272 g/mol. The Balaban J connectivity index is 2.52. The highest BCUT2D eigenvalue weighted by molar-refractivity contribution is 6.30. The molecule has 0 saturated carbocycles. The molecule has 0 aromatic heterocycles. The molecule has 0 aliphatic rings. The highest BCUT2D eigenvalue weighted by atomic mass is 35.5. The molecule has 0 heterocycles. The largest absolute Gasteiger partial charge is 0.479 e. The fourth-order valence-electron chi connectivity index (χ4n) is 1.13. The second-order valence-corrected chi connectivity index (χ2v) is 4.65. The molecule has 2 atom stereocenters. The number of ether oxygens (including phenoxy) is 2. The number of hydrogen-bond acceptors (Lipinski definition) is 4. The molecule has 2 unspecified atom stereocenters. The predicted octanol–water partition coefficient (Wildman–Crippen LogP) is 2.56. The third-order valence-electron chi connectivity index (χ3n) is 2.47. The summed E-state index contributed by atoms with van der Waals surface area (Å²) < 4.78 is 10.7. The smallest absolute Gasteiger partial charge is 0.348 e. The molecule has 0 bridgehead atoms. The van der Waals surface area contributed by atoms with Crippen LogP contribution >= 0.6 is 11.6 Å². The molecule has 0 fully saturated rings. The lowest BCUT2D eigenvalue weighted by atomic mass is 10.3. The summed E-state index contributed by atoms with van der Waals surface area (Å²) in [5.41, 5.74) is 0. The van der Waals surface area contributed by atoms with Crippen molar-refractivity contribution >= 4 is 17.6 Å². The van der Waals surface area contributed by atoms with Crippen molar-refractivity contribution in [3.8, 4) is 5.75 Å². The third-order valence-corrected chi connectivity index (χ3v) is 2.72. The summed E-state index contributed by atoms with van der Waals surface area (Å²) in [6.45, 7) is 3.45. The quantitative estimate of drug-likeness (QED) is 0.609. The average Bonchev–Trinajstić information content (AvgIpc) is 2.31. The van der Waals surface area contributed by atoms with E-state index in [9.17, 15) is 4.79 Å². The molecule has 0 N–H and O–H groups in total. The first kappa shape index (κ1) is 14.8. The summed E-state index contributed by atoms with van der Waals surface area (Å²) in [5, 5.41) is 0.624. The van der Waals surface area contributed by atoms with Crippen molar-refractivity contribution in [2.45, 2.75) is 26.2 Å². The Bertz CT molecular complexity index is 392. The molecule has 18 heavy (non-hydrogen) atoms. The van der Waals surface area contributed by atoms with Gasteiger partial charge in [-0.2, -0.15) is 0 Å². The van der Waals surface area contributed by atoms with Crippen LogP contribution in [0, 0.1) is 0 Å². The van der Waals surface area contributed by atoms with E-state index in [0.717, 1.165) is 0 Å². The number of carbonyl (C=O) groups is 1. The first-order chi connectivity index (χ1) is 8.40. The first-order valence-electron chi connectivity index (χ1n) is 5.69. The zero-order valence-electron chi connectivity index (χ0n) is 11.0. The van der Waals surface area contributed by atoms with Gasteiger partial charge in [-0.05, 0) is 52.2 Å². The van der Waals surface area contributed by atoms with Crippen LogP contribution in [0.2, 0.25) is 5.02 Å². The number of nitrogens with zero attached hydrogens (tertiary/aromatic N) is 1. The Morgan fingerprint density at radius 2 is 1.78 bits per heavy atom. The van der Waals surface area contributed by atoms with Crippen LogP contribution in [0.25, 0.3) is 0 Å². The van der Waals surface area contributed by atoms with Gasteiger partial charge in [0.1, 0.15) is 5.75 Å². The minimum atomic E-state index is -0.659. The molecule has 100 valence electrons. The lowest BCUT2D eigenvalue weighted by molar-refractivity contribution is -0.162. The van der Waals surface area contributed by atoms with Crippen LogP contribution in [0.4, 0.5) is 0 Å². The first-order valence-corrected chi connectivity index (χ1v) is 6.07. The third kappa shape index (κ3) is 4.55. The molecule has 0 aliphatic carbocycles. The van der Waals surface area contributed by atoms with Crippen molar-refractivity contribution in [1.82, 2.24) is 4.90 Å². The topological polar surface area (TPSA) is 38.8 Å². The number of carbonyl (C=O) groups excluding carboxylic acids is 1. The Labute approximate surface area is 112 Å². The summed E-state index contributed by atoms with van der Waals surface area (Å²) in [4.78, 5) is 13.5. The van der Waals surface area contributed by atoms with E-state index in [1.807, 2.05) is 14.1 Å². The normalized spacial score (nSPS) is 14.1. The van der Waals surface area contributed by atoms with Gasteiger partial charge >= 0.3 is 5.97 Å². The Morgan fingerprint density at radius 1 is 1.22 bits per heavy atom. The monoisotopic (exact) mass is 271 g/mol. The number of esters is 1. The molecule has 1 aromatic rings. The number of benzene rings is 1. The van der Waals surface area contributed by atoms with Crippen LogP contribution in [-0.4, -0.2) is 37.3 Å². The minimum absolute atomic E-state index is 0.284. The van der Waals surface area contributed by atoms with E-state index in [1.165, 1.54) is 0 Å². The van der Waals surface area contributed by atoms with Crippen molar-refractivity contribution in [3.63, 3.8) is 0 Å². The number of rotatable bonds is 5. The molecule has 0 saturated heterocycles. The molecular formula is C13H18ClNO3. The molecular weight excluding hydrogens is 254 g/mol. The van der Waals surface area contributed by atoms with E-state index in [4.69, 9.17) is 21.1 Å². The summed E-state index contributed by atoms with van der Waals surface area (Å²) in [7, 11) is 3.67. The van der Waals surface area contributed by atoms with E-state index in [-0.39, 0.29) is 6.23 Å². The van der Waals surface area contributed by atoms with Crippen LogP contribution in [0.3, 0.4) is 0 Å². The highest BCUT2D eigenvalue weighted by Gasteiger charge is 2.19. The van der Waals surface area contributed by atoms with Crippen LogP contribution < -0.4 is 4.74 Å². The summed E-state index contributed by atoms with van der Waals surface area (Å²) >= 11 is 5.76. The van der Waals surface area contributed by atoms with E-state index in [2.05, 4.69) is 0 Å². The number of hydrogen-bond donors (Lipinski definition) is 0. The van der Waals surface area contributed by atoms with Crippen molar-refractivity contribution in [3.05, 3.63) is 29.3 Å². The van der Waals surface area contributed by atoms with Crippen molar-refractivity contribution in [1.29, 1.82) is 0 Å². The Morgan fingerprint density at radius 3 is 2.28 bits per heavy atom. The summed E-state index contributed by atoms with van der Waals surface area (Å²) in [6.07, 6.45) is -0.942. The summed E-state index contributed by atoms with van der Waals surface area (Å²) in [6, 6.07) is 6.83. The number of halogens is 1. The fraction of sp³-hybridized carbons (Fsp3) is 0.462. The molecule has 1 aromatic carbocycles. The molecule has 0 radical (unpaired) electrons. The maximum atomic E-state index is 11.7. The van der Waals surface area contributed by atoms with E-state index in [0.29, 0.717) is 10.8 Å². The van der Waals surface area contributed by atoms with Gasteiger partial charge in [0.05, 0.1) is 0 Å². The lowest BCUT2D eigenvalue weighted by Gasteiger charge is -2.22. The molecule has 4 nitrogen and oxygen atoms in total. The standard InChI is InChI=1S/C13H18ClNO3/c1-9(13(16)18-10(2)15(3)4)17-12-7-5-11(14)6-8-12/h5-10H,1-4H3. The Kier molecular flexibility index (Phi) is 5.44. The van der Waals surface area contributed by atoms with Gasteiger partial charge in [0, 0.05) is 5.02 Å². The van der Waals surface area contributed by atoms with Crippen LogP contribution in [-0.2, 0) is 9.53 Å². The minimum Gasteiger partial charge on any atom is -0.479 e. The van der Waals surface area contributed by atoms with Crippen LogP contribution in [0.5, 0.6) is 5.75 Å². The van der Waals surface area contributed by atoms with Crippen LogP contribution in [0.1, 0.15) is 13.8 Å². The van der Waals surface area contributed by atoms with Gasteiger partial charge < -0.3 is 9.47 Å². The van der Waals surface area contributed by atoms with Crippen molar-refractivity contribution in [2.24, 2.45) is 0 Å². The summed E-state index contributed by atoms with van der Waals surface area (Å²) in [5.74, 6) is 0.188. The van der Waals surface area contributed by atoms with Crippen LogP contribution in [0.15, 0.2) is 24.3 Å². The molecule has 0 spiro atoms. The van der Waals surface area contributed by atoms with Gasteiger partial charge in [0.15, 0.2) is 12.3 Å². The predicted molar refractivity (Wildman–Crippen MR) is 70.8 cm³/mol. The van der Waals surface area contributed by atoms with E-state index in [1.54, 1.807) is 43.0 Å². The van der Waals surface area contributed by atoms with Gasteiger partial charge in [0.25, 0.3) is 0 Å². The second-order valence-electron chi connectivity index (χ2n) is 4.21. The maximum absolute atomic E-state index is 11.7. The van der Waals surface area contributed by atoms with E-state index >= 15 is 0 Å². The van der Waals surface area contributed by atoms with Crippen molar-refractivity contribution in [2.75, 3.05) is 14.1 Å². The fourth-order valence-corrected chi connectivity index (χ4v) is 1.26. The van der Waals surface area contributed by atoms with Gasteiger partial charge in [-0.3, -0.25) is 4.90 Å². The molecule has 1 rings (SSSR count). The zero-order valence-corrected chi connectivity index (χ0v) is 11.8. The molecule has 5 heteroatoms. The van der Waals surface area contributed by atoms with Gasteiger partial charge in [-0.25, -0.2) is 4.79 Å². The molecule has 0 amide bonds. The van der Waals surface area contributed by atoms with Gasteiger partial charge in [0.2, 0.25) is 0 Å². The maximum Gasteiger partial charge on any atom is 0.348 e. The molecule has 0 aliphatic heterocycles. The highest BCUT2D eigenvalue weighted by Crippen LogP contribution is 2.17.